The number of benzene rings is 1. The monoisotopic (exact) mass is 329 g/mol. The lowest BCUT2D eigenvalue weighted by Gasteiger charge is -2.34. The molecule has 5 heteroatoms. The third-order valence-corrected chi connectivity index (χ3v) is 4.51. The van der Waals surface area contributed by atoms with Gasteiger partial charge >= 0.3 is 0 Å². The molecule has 19 heavy (non-hydrogen) atoms. The number of ether oxygens (including phenoxy) is 2. The quantitative estimate of drug-likeness (QED) is 0.779. The van der Waals surface area contributed by atoms with E-state index in [1.807, 2.05) is 13.8 Å². The molecular weight excluding hydrogens is 310 g/mol. The highest BCUT2D eigenvalue weighted by Gasteiger charge is 2.27. The van der Waals surface area contributed by atoms with Gasteiger partial charge in [0, 0.05) is 29.5 Å². The molecule has 4 nitrogen and oxygen atoms in total. The summed E-state index contributed by atoms with van der Waals surface area (Å²) in [5.74, 6) is 1.14. The van der Waals surface area contributed by atoms with E-state index in [0.29, 0.717) is 22.4 Å². The molecule has 0 N–H and O–H groups in total. The highest BCUT2D eigenvalue weighted by atomic mass is 79.9. The fourth-order valence-electron chi connectivity index (χ4n) is 1.49. The van der Waals surface area contributed by atoms with Crippen molar-refractivity contribution >= 4 is 21.8 Å². The summed E-state index contributed by atoms with van der Waals surface area (Å²) in [5, 5.41) is 0.698. The summed E-state index contributed by atoms with van der Waals surface area (Å²) in [7, 11) is 4.92. The molecule has 0 radical (unpaired) electrons. The minimum Gasteiger partial charge on any atom is -0.497 e. The van der Waals surface area contributed by atoms with Crippen molar-refractivity contribution in [2.24, 2.45) is 0 Å². The van der Waals surface area contributed by atoms with Gasteiger partial charge in [-0.1, -0.05) is 15.9 Å². The number of hydrogen-bond donors (Lipinski definition) is 0. The molecule has 106 valence electrons. The summed E-state index contributed by atoms with van der Waals surface area (Å²) < 4.78 is 10.4. The number of carbonyl (C=O) groups excluding carboxylic acids is 1. The van der Waals surface area contributed by atoms with Crippen LogP contribution in [0.1, 0.15) is 24.2 Å². The molecule has 0 saturated heterocycles. The summed E-state index contributed by atoms with van der Waals surface area (Å²) in [5.41, 5.74) is 0.278. The fraction of sp³-hybridized carbons (Fsp3) is 0.500. The minimum atomic E-state index is -0.270. The van der Waals surface area contributed by atoms with Gasteiger partial charge < -0.3 is 14.4 Å². The number of amides is 1. The van der Waals surface area contributed by atoms with E-state index >= 15 is 0 Å². The van der Waals surface area contributed by atoms with E-state index in [1.165, 1.54) is 0 Å². The van der Waals surface area contributed by atoms with Crippen LogP contribution in [0.5, 0.6) is 11.5 Å². The maximum atomic E-state index is 12.5. The Hall–Kier alpha value is -1.23. The molecule has 0 aromatic heterocycles. The number of hydrogen-bond acceptors (Lipinski definition) is 3. The molecule has 1 aromatic rings. The third kappa shape index (κ3) is 3.62. The van der Waals surface area contributed by atoms with Crippen molar-refractivity contribution in [3.05, 3.63) is 23.8 Å². The van der Waals surface area contributed by atoms with Gasteiger partial charge in [-0.2, -0.15) is 0 Å². The predicted octanol–water partition coefficient (Wildman–Crippen LogP) is 2.95. The van der Waals surface area contributed by atoms with Crippen molar-refractivity contribution in [3.63, 3.8) is 0 Å². The second kappa shape index (κ2) is 6.28. The van der Waals surface area contributed by atoms with Crippen LogP contribution in [0.25, 0.3) is 0 Å². The molecule has 0 aliphatic heterocycles. The van der Waals surface area contributed by atoms with E-state index in [4.69, 9.17) is 9.47 Å². The number of alkyl halides is 1. The molecule has 0 heterocycles. The van der Waals surface area contributed by atoms with Gasteiger partial charge in [0.25, 0.3) is 5.91 Å². The van der Waals surface area contributed by atoms with Gasteiger partial charge in [-0.05, 0) is 26.0 Å². The first-order valence-corrected chi connectivity index (χ1v) is 7.05. The molecule has 0 aliphatic carbocycles. The molecule has 0 aliphatic rings. The SMILES string of the molecule is COc1cc(OC)cc(C(=O)N(C)C(C)(C)CBr)c1. The maximum absolute atomic E-state index is 12.5. The lowest BCUT2D eigenvalue weighted by atomic mass is 10.0. The zero-order chi connectivity index (χ0) is 14.6. The Bertz CT molecular complexity index is 438. The molecular formula is C14H20BrNO3. The molecule has 0 saturated carbocycles. The topological polar surface area (TPSA) is 38.8 Å². The van der Waals surface area contributed by atoms with Crippen molar-refractivity contribution in [2.75, 3.05) is 26.6 Å². The van der Waals surface area contributed by atoms with Crippen LogP contribution in [0.2, 0.25) is 0 Å². The largest absolute Gasteiger partial charge is 0.497 e. The fourth-order valence-corrected chi connectivity index (χ4v) is 1.87. The predicted molar refractivity (Wildman–Crippen MR) is 79.5 cm³/mol. The highest BCUT2D eigenvalue weighted by molar-refractivity contribution is 9.09. The second-order valence-corrected chi connectivity index (χ2v) is 5.47. The zero-order valence-corrected chi connectivity index (χ0v) is 13.6. The summed E-state index contributed by atoms with van der Waals surface area (Å²) in [6.45, 7) is 3.99. The van der Waals surface area contributed by atoms with E-state index in [0.717, 1.165) is 0 Å². The first-order valence-electron chi connectivity index (χ1n) is 5.93. The Balaban J connectivity index is 3.12. The molecule has 1 aromatic carbocycles. The van der Waals surface area contributed by atoms with E-state index in [9.17, 15) is 4.79 Å². The van der Waals surface area contributed by atoms with Gasteiger partial charge in [-0.25, -0.2) is 0 Å². The van der Waals surface area contributed by atoms with Gasteiger partial charge in [0.1, 0.15) is 11.5 Å². The maximum Gasteiger partial charge on any atom is 0.254 e. The average Bonchev–Trinajstić information content (AvgIpc) is 2.44. The number of methoxy groups -OCH3 is 2. The highest BCUT2D eigenvalue weighted by Crippen LogP contribution is 2.25. The van der Waals surface area contributed by atoms with E-state index < -0.39 is 0 Å². The molecule has 0 spiro atoms. The van der Waals surface area contributed by atoms with E-state index in [-0.39, 0.29) is 11.4 Å². The molecule has 1 rings (SSSR count). The van der Waals surface area contributed by atoms with Crippen molar-refractivity contribution < 1.29 is 14.3 Å². The molecule has 0 unspecified atom stereocenters. The first kappa shape index (κ1) is 15.8. The minimum absolute atomic E-state index is 0.0679. The van der Waals surface area contributed by atoms with Gasteiger partial charge in [0.15, 0.2) is 0 Å². The molecule has 0 fully saturated rings. The van der Waals surface area contributed by atoms with Gasteiger partial charge in [-0.15, -0.1) is 0 Å². The Kier molecular flexibility index (Phi) is 5.23. The smallest absolute Gasteiger partial charge is 0.254 e. The van der Waals surface area contributed by atoms with Crippen LogP contribution in [0.4, 0.5) is 0 Å². The zero-order valence-electron chi connectivity index (χ0n) is 12.0. The van der Waals surface area contributed by atoms with Crippen LogP contribution >= 0.6 is 15.9 Å². The molecule has 0 atom stereocenters. The average molecular weight is 330 g/mol. The Morgan fingerprint density at radius 1 is 1.21 bits per heavy atom. The number of rotatable bonds is 5. The number of halogens is 1. The Labute approximate surface area is 122 Å². The van der Waals surface area contributed by atoms with Gasteiger partial charge in [-0.3, -0.25) is 4.79 Å². The number of nitrogens with zero attached hydrogens (tertiary/aromatic N) is 1. The van der Waals surface area contributed by atoms with Crippen molar-refractivity contribution in [2.45, 2.75) is 19.4 Å². The normalized spacial score (nSPS) is 11.1. The van der Waals surface area contributed by atoms with Gasteiger partial charge in [0.2, 0.25) is 0 Å². The van der Waals surface area contributed by atoms with Crippen LogP contribution in [-0.2, 0) is 0 Å². The lowest BCUT2D eigenvalue weighted by molar-refractivity contribution is 0.0663. The van der Waals surface area contributed by atoms with Crippen LogP contribution in [-0.4, -0.2) is 42.9 Å². The summed E-state index contributed by atoms with van der Waals surface area (Å²) in [6.07, 6.45) is 0. The van der Waals surface area contributed by atoms with Crippen LogP contribution < -0.4 is 9.47 Å². The third-order valence-electron chi connectivity index (χ3n) is 3.14. The van der Waals surface area contributed by atoms with Crippen molar-refractivity contribution in [1.82, 2.24) is 4.90 Å². The first-order chi connectivity index (χ1) is 8.85. The lowest BCUT2D eigenvalue weighted by Crippen LogP contribution is -2.46. The van der Waals surface area contributed by atoms with Crippen molar-refractivity contribution in [1.29, 1.82) is 0 Å². The Morgan fingerprint density at radius 3 is 2.05 bits per heavy atom. The second-order valence-electron chi connectivity index (χ2n) is 4.91. The summed E-state index contributed by atoms with van der Waals surface area (Å²) >= 11 is 3.43. The van der Waals surface area contributed by atoms with Crippen molar-refractivity contribution in [3.8, 4) is 11.5 Å². The van der Waals surface area contributed by atoms with E-state index in [2.05, 4.69) is 15.9 Å². The number of carbonyl (C=O) groups is 1. The summed E-state index contributed by atoms with van der Waals surface area (Å²) in [4.78, 5) is 14.2. The van der Waals surface area contributed by atoms with E-state index in [1.54, 1.807) is 44.4 Å². The van der Waals surface area contributed by atoms with Crippen LogP contribution in [0.3, 0.4) is 0 Å². The standard InChI is InChI=1S/C14H20BrNO3/c1-14(2,9-15)16(3)13(17)10-6-11(18-4)8-12(7-10)19-5/h6-8H,9H2,1-5H3. The molecule has 0 bridgehead atoms. The Morgan fingerprint density at radius 2 is 1.68 bits per heavy atom. The van der Waals surface area contributed by atoms with Crippen LogP contribution in [0.15, 0.2) is 18.2 Å². The summed E-state index contributed by atoms with van der Waals surface area (Å²) in [6, 6.07) is 5.17. The molecule has 1 amide bonds. The van der Waals surface area contributed by atoms with Crippen LogP contribution in [0, 0.1) is 0 Å². The van der Waals surface area contributed by atoms with Gasteiger partial charge in [0.05, 0.1) is 14.2 Å².